The van der Waals surface area contributed by atoms with Gasteiger partial charge in [-0.25, -0.2) is 0 Å². The lowest BCUT2D eigenvalue weighted by atomic mass is 10.2. The van der Waals surface area contributed by atoms with E-state index in [0.29, 0.717) is 6.61 Å². The fourth-order valence-corrected chi connectivity index (χ4v) is 1.48. The number of hydrogen-bond acceptors (Lipinski definition) is 3. The summed E-state index contributed by atoms with van der Waals surface area (Å²) in [6.45, 7) is 3.79. The summed E-state index contributed by atoms with van der Waals surface area (Å²) in [6, 6.07) is 10.2. The first-order valence-corrected chi connectivity index (χ1v) is 6.33. The molecule has 1 aromatic carbocycles. The van der Waals surface area contributed by atoms with Crippen LogP contribution in [0.15, 0.2) is 30.3 Å². The zero-order chi connectivity index (χ0) is 12.2. The molecule has 3 nitrogen and oxygen atoms in total. The Kier molecular flexibility index (Phi) is 8.55. The van der Waals surface area contributed by atoms with Crippen molar-refractivity contribution in [2.75, 3.05) is 26.4 Å². The van der Waals surface area contributed by atoms with Crippen molar-refractivity contribution in [3.05, 3.63) is 35.9 Å². The minimum atomic E-state index is 0.689. The summed E-state index contributed by atoms with van der Waals surface area (Å²) in [5, 5.41) is 0. The van der Waals surface area contributed by atoms with Crippen LogP contribution in [0.25, 0.3) is 0 Å². The van der Waals surface area contributed by atoms with E-state index in [9.17, 15) is 0 Å². The van der Waals surface area contributed by atoms with Crippen LogP contribution in [0.3, 0.4) is 0 Å². The Balaban J connectivity index is 1.85. The number of unbranched alkanes of at least 4 members (excludes halogenated alkanes) is 1. The molecule has 96 valence electrons. The van der Waals surface area contributed by atoms with Gasteiger partial charge in [-0.1, -0.05) is 30.3 Å². The van der Waals surface area contributed by atoms with Gasteiger partial charge in [0.1, 0.15) is 0 Å². The molecule has 3 heteroatoms. The monoisotopic (exact) mass is 237 g/mol. The van der Waals surface area contributed by atoms with Crippen LogP contribution in [0.1, 0.15) is 24.8 Å². The fraction of sp³-hybridized carbons (Fsp3) is 0.571. The third-order valence-electron chi connectivity index (χ3n) is 2.43. The second kappa shape index (κ2) is 10.3. The SMILES string of the molecule is NCCCCOCCCOCc1ccccc1. The van der Waals surface area contributed by atoms with Gasteiger partial charge in [-0.15, -0.1) is 0 Å². The van der Waals surface area contributed by atoms with E-state index in [1.807, 2.05) is 18.2 Å². The molecule has 0 spiro atoms. The summed E-state index contributed by atoms with van der Waals surface area (Å²) in [5.74, 6) is 0. The Morgan fingerprint density at radius 3 is 2.29 bits per heavy atom. The highest BCUT2D eigenvalue weighted by atomic mass is 16.5. The van der Waals surface area contributed by atoms with Crippen LogP contribution in [-0.2, 0) is 16.1 Å². The van der Waals surface area contributed by atoms with Gasteiger partial charge in [0.15, 0.2) is 0 Å². The van der Waals surface area contributed by atoms with Gasteiger partial charge in [-0.3, -0.25) is 0 Å². The predicted molar refractivity (Wildman–Crippen MR) is 69.8 cm³/mol. The van der Waals surface area contributed by atoms with E-state index >= 15 is 0 Å². The molecule has 0 fully saturated rings. The van der Waals surface area contributed by atoms with E-state index in [4.69, 9.17) is 15.2 Å². The summed E-state index contributed by atoms with van der Waals surface area (Å²) in [6.07, 6.45) is 3.06. The van der Waals surface area contributed by atoms with E-state index in [1.165, 1.54) is 5.56 Å². The first-order chi connectivity index (χ1) is 8.43. The molecular formula is C14H23NO2. The van der Waals surface area contributed by atoms with Crippen molar-refractivity contribution in [3.8, 4) is 0 Å². The molecule has 0 atom stereocenters. The lowest BCUT2D eigenvalue weighted by Gasteiger charge is -2.05. The minimum absolute atomic E-state index is 0.689. The molecule has 0 aliphatic heterocycles. The van der Waals surface area contributed by atoms with E-state index in [0.717, 1.165) is 45.6 Å². The number of nitrogens with two attached hydrogens (primary N) is 1. The van der Waals surface area contributed by atoms with Gasteiger partial charge in [0.25, 0.3) is 0 Å². The quantitative estimate of drug-likeness (QED) is 0.635. The van der Waals surface area contributed by atoms with Crippen LogP contribution in [0, 0.1) is 0 Å². The molecule has 17 heavy (non-hydrogen) atoms. The molecule has 0 unspecified atom stereocenters. The molecule has 0 bridgehead atoms. The van der Waals surface area contributed by atoms with Gasteiger partial charge < -0.3 is 15.2 Å². The predicted octanol–water partition coefficient (Wildman–Crippen LogP) is 2.35. The van der Waals surface area contributed by atoms with Gasteiger partial charge in [0.2, 0.25) is 0 Å². The Labute approximate surface area is 104 Å². The molecule has 1 aromatic rings. The molecule has 0 aliphatic rings. The summed E-state index contributed by atoms with van der Waals surface area (Å²) in [5.41, 5.74) is 6.61. The van der Waals surface area contributed by atoms with Crippen LogP contribution >= 0.6 is 0 Å². The third kappa shape index (κ3) is 7.91. The van der Waals surface area contributed by atoms with Gasteiger partial charge in [-0.05, 0) is 31.4 Å². The summed E-state index contributed by atoms with van der Waals surface area (Å²) in [7, 11) is 0. The van der Waals surface area contributed by atoms with Crippen molar-refractivity contribution in [1.82, 2.24) is 0 Å². The molecule has 1 rings (SSSR count). The summed E-state index contributed by atoms with van der Waals surface area (Å²) in [4.78, 5) is 0. The standard InChI is InChI=1S/C14H23NO2/c15-9-4-5-10-16-11-6-12-17-13-14-7-2-1-3-8-14/h1-3,7-8H,4-6,9-13,15H2. The third-order valence-corrected chi connectivity index (χ3v) is 2.43. The first kappa shape index (κ1) is 14.2. The lowest BCUT2D eigenvalue weighted by molar-refractivity contribution is 0.0746. The summed E-state index contributed by atoms with van der Waals surface area (Å²) >= 11 is 0. The first-order valence-electron chi connectivity index (χ1n) is 6.33. The molecule has 0 aromatic heterocycles. The largest absolute Gasteiger partial charge is 0.381 e. The highest BCUT2D eigenvalue weighted by Crippen LogP contribution is 2.00. The van der Waals surface area contributed by atoms with Crippen LogP contribution in [0.4, 0.5) is 0 Å². The van der Waals surface area contributed by atoms with Crippen LogP contribution in [-0.4, -0.2) is 26.4 Å². The number of hydrogen-bond donors (Lipinski definition) is 1. The second-order valence-corrected chi connectivity index (χ2v) is 4.00. The van der Waals surface area contributed by atoms with E-state index in [-0.39, 0.29) is 0 Å². The van der Waals surface area contributed by atoms with Crippen molar-refractivity contribution < 1.29 is 9.47 Å². The molecule has 0 saturated carbocycles. The van der Waals surface area contributed by atoms with E-state index in [2.05, 4.69) is 12.1 Å². The summed E-state index contributed by atoms with van der Waals surface area (Å²) < 4.78 is 11.0. The molecule has 0 saturated heterocycles. The van der Waals surface area contributed by atoms with E-state index < -0.39 is 0 Å². The maximum atomic E-state index is 5.55. The average molecular weight is 237 g/mol. The molecule has 0 amide bonds. The van der Waals surface area contributed by atoms with Crippen molar-refractivity contribution in [2.24, 2.45) is 5.73 Å². The molecule has 0 heterocycles. The highest BCUT2D eigenvalue weighted by Gasteiger charge is 1.93. The van der Waals surface area contributed by atoms with Gasteiger partial charge >= 0.3 is 0 Å². The van der Waals surface area contributed by atoms with Crippen LogP contribution in [0.5, 0.6) is 0 Å². The maximum Gasteiger partial charge on any atom is 0.0716 e. The Bertz CT molecular complexity index is 264. The topological polar surface area (TPSA) is 44.5 Å². The van der Waals surface area contributed by atoms with Gasteiger partial charge in [0.05, 0.1) is 6.61 Å². The second-order valence-electron chi connectivity index (χ2n) is 4.00. The molecule has 0 radical (unpaired) electrons. The number of ether oxygens (including phenoxy) is 2. The van der Waals surface area contributed by atoms with Crippen molar-refractivity contribution in [1.29, 1.82) is 0 Å². The van der Waals surface area contributed by atoms with Gasteiger partial charge in [-0.2, -0.15) is 0 Å². The molecule has 2 N–H and O–H groups in total. The highest BCUT2D eigenvalue weighted by molar-refractivity contribution is 5.13. The van der Waals surface area contributed by atoms with Crippen LogP contribution in [0.2, 0.25) is 0 Å². The van der Waals surface area contributed by atoms with Gasteiger partial charge in [0, 0.05) is 19.8 Å². The lowest BCUT2D eigenvalue weighted by Crippen LogP contribution is -2.04. The smallest absolute Gasteiger partial charge is 0.0716 e. The Morgan fingerprint density at radius 2 is 1.53 bits per heavy atom. The zero-order valence-corrected chi connectivity index (χ0v) is 10.4. The van der Waals surface area contributed by atoms with Crippen molar-refractivity contribution in [2.45, 2.75) is 25.9 Å². The fourth-order valence-electron chi connectivity index (χ4n) is 1.48. The zero-order valence-electron chi connectivity index (χ0n) is 10.4. The molecule has 0 aliphatic carbocycles. The van der Waals surface area contributed by atoms with Crippen molar-refractivity contribution in [3.63, 3.8) is 0 Å². The normalized spacial score (nSPS) is 10.6. The van der Waals surface area contributed by atoms with Crippen LogP contribution < -0.4 is 5.73 Å². The Hall–Kier alpha value is -0.900. The average Bonchev–Trinajstić information content (AvgIpc) is 2.38. The number of rotatable bonds is 10. The van der Waals surface area contributed by atoms with E-state index in [1.54, 1.807) is 0 Å². The minimum Gasteiger partial charge on any atom is -0.381 e. The number of benzene rings is 1. The Morgan fingerprint density at radius 1 is 0.824 bits per heavy atom. The maximum absolute atomic E-state index is 5.55. The van der Waals surface area contributed by atoms with Crippen molar-refractivity contribution >= 4 is 0 Å². The molecular weight excluding hydrogens is 214 g/mol.